The Kier molecular flexibility index (Phi) is 4.38. The van der Waals surface area contributed by atoms with Gasteiger partial charge in [0.05, 0.1) is 17.3 Å². The molecule has 2 nitrogen and oxygen atoms in total. The third-order valence-corrected chi connectivity index (χ3v) is 4.04. The molecule has 0 radical (unpaired) electrons. The van der Waals surface area contributed by atoms with E-state index in [9.17, 15) is 13.2 Å². The summed E-state index contributed by atoms with van der Waals surface area (Å²) in [7, 11) is 0. The molecule has 0 atom stereocenters. The van der Waals surface area contributed by atoms with E-state index < -0.39 is 12.1 Å². The Balaban J connectivity index is 1.92. The summed E-state index contributed by atoms with van der Waals surface area (Å²) in [6.07, 6.45) is -2.51. The maximum Gasteiger partial charge on any atom is 0.391 e. The van der Waals surface area contributed by atoms with Crippen molar-refractivity contribution in [2.45, 2.75) is 44.8 Å². The standard InChI is InChI=1S/C13H16BrF3N2/c1-8-11(6-7-12(14)18-8)19-10-4-2-9(3-5-10)13(15,16)17/h6-7,9-10,19H,2-5H2,1H3. The summed E-state index contributed by atoms with van der Waals surface area (Å²) >= 11 is 3.29. The zero-order chi connectivity index (χ0) is 14.0. The van der Waals surface area contributed by atoms with Crippen molar-refractivity contribution in [1.82, 2.24) is 4.98 Å². The van der Waals surface area contributed by atoms with Gasteiger partial charge in [0.1, 0.15) is 4.60 Å². The van der Waals surface area contributed by atoms with E-state index >= 15 is 0 Å². The van der Waals surface area contributed by atoms with Gasteiger partial charge in [0.25, 0.3) is 0 Å². The van der Waals surface area contributed by atoms with Crippen LogP contribution in [0.1, 0.15) is 31.4 Å². The molecule has 0 saturated heterocycles. The molecule has 1 heterocycles. The molecular weight excluding hydrogens is 321 g/mol. The van der Waals surface area contributed by atoms with Gasteiger partial charge < -0.3 is 5.32 Å². The van der Waals surface area contributed by atoms with Gasteiger partial charge in [-0.15, -0.1) is 0 Å². The first-order chi connectivity index (χ1) is 8.86. The first-order valence-electron chi connectivity index (χ1n) is 6.32. The lowest BCUT2D eigenvalue weighted by molar-refractivity contribution is -0.182. The van der Waals surface area contributed by atoms with Crippen LogP contribution in [-0.4, -0.2) is 17.2 Å². The molecule has 0 aromatic carbocycles. The Morgan fingerprint density at radius 1 is 1.21 bits per heavy atom. The highest BCUT2D eigenvalue weighted by Crippen LogP contribution is 2.38. The molecule has 0 amide bonds. The maximum atomic E-state index is 12.6. The van der Waals surface area contributed by atoms with E-state index in [1.807, 2.05) is 19.1 Å². The zero-order valence-electron chi connectivity index (χ0n) is 10.6. The fraction of sp³-hybridized carbons (Fsp3) is 0.615. The van der Waals surface area contributed by atoms with Crippen molar-refractivity contribution in [1.29, 1.82) is 0 Å². The normalized spacial score (nSPS) is 24.3. The Bertz CT molecular complexity index is 440. The summed E-state index contributed by atoms with van der Waals surface area (Å²) in [6.45, 7) is 1.88. The Hall–Kier alpha value is -0.780. The lowest BCUT2D eigenvalue weighted by Gasteiger charge is -2.31. The van der Waals surface area contributed by atoms with Crippen LogP contribution in [0.2, 0.25) is 0 Å². The third-order valence-electron chi connectivity index (χ3n) is 3.60. The second-order valence-electron chi connectivity index (χ2n) is 5.00. The average molecular weight is 337 g/mol. The van der Waals surface area contributed by atoms with E-state index in [2.05, 4.69) is 26.2 Å². The Labute approximate surface area is 118 Å². The van der Waals surface area contributed by atoms with Crippen molar-refractivity contribution < 1.29 is 13.2 Å². The van der Waals surface area contributed by atoms with Crippen LogP contribution in [0.25, 0.3) is 0 Å². The highest BCUT2D eigenvalue weighted by Gasteiger charge is 2.41. The van der Waals surface area contributed by atoms with Crippen LogP contribution in [0.5, 0.6) is 0 Å². The quantitative estimate of drug-likeness (QED) is 0.793. The predicted molar refractivity (Wildman–Crippen MR) is 72.1 cm³/mol. The van der Waals surface area contributed by atoms with Gasteiger partial charge in [0.2, 0.25) is 0 Å². The average Bonchev–Trinajstić information content (AvgIpc) is 2.32. The van der Waals surface area contributed by atoms with E-state index in [4.69, 9.17) is 0 Å². The van der Waals surface area contributed by atoms with E-state index in [1.165, 1.54) is 0 Å². The third kappa shape index (κ3) is 3.84. The van der Waals surface area contributed by atoms with Gasteiger partial charge in [0, 0.05) is 6.04 Å². The molecule has 1 aromatic rings. The molecule has 1 aliphatic rings. The Morgan fingerprint density at radius 3 is 2.37 bits per heavy atom. The summed E-state index contributed by atoms with van der Waals surface area (Å²) < 4.78 is 38.5. The number of aryl methyl sites for hydroxylation is 1. The van der Waals surface area contributed by atoms with Crippen LogP contribution in [0.3, 0.4) is 0 Å². The highest BCUT2D eigenvalue weighted by atomic mass is 79.9. The summed E-state index contributed by atoms with van der Waals surface area (Å²) in [5, 5.41) is 3.30. The number of halogens is 4. The smallest absolute Gasteiger partial charge is 0.381 e. The van der Waals surface area contributed by atoms with E-state index in [1.54, 1.807) is 0 Å². The van der Waals surface area contributed by atoms with Crippen LogP contribution in [0.15, 0.2) is 16.7 Å². The molecule has 1 N–H and O–H groups in total. The molecule has 6 heteroatoms. The van der Waals surface area contributed by atoms with Crippen molar-refractivity contribution in [3.05, 3.63) is 22.4 Å². The monoisotopic (exact) mass is 336 g/mol. The Morgan fingerprint density at radius 2 is 1.84 bits per heavy atom. The van der Waals surface area contributed by atoms with Gasteiger partial charge in [-0.1, -0.05) is 0 Å². The number of alkyl halides is 3. The number of nitrogens with one attached hydrogen (secondary N) is 1. The molecular formula is C13H16BrF3N2. The molecule has 106 valence electrons. The molecule has 1 fully saturated rings. The minimum absolute atomic E-state index is 0.111. The molecule has 0 spiro atoms. The molecule has 1 aromatic heterocycles. The topological polar surface area (TPSA) is 24.9 Å². The fourth-order valence-electron chi connectivity index (χ4n) is 2.47. The van der Waals surface area contributed by atoms with Gasteiger partial charge in [-0.3, -0.25) is 0 Å². The number of aromatic nitrogens is 1. The number of pyridine rings is 1. The van der Waals surface area contributed by atoms with Gasteiger partial charge in [-0.25, -0.2) is 4.98 Å². The molecule has 2 rings (SSSR count). The van der Waals surface area contributed by atoms with Crippen LogP contribution < -0.4 is 5.32 Å². The van der Waals surface area contributed by atoms with Crippen molar-refractivity contribution in [3.63, 3.8) is 0 Å². The van der Waals surface area contributed by atoms with Crippen molar-refractivity contribution in [3.8, 4) is 0 Å². The van der Waals surface area contributed by atoms with Crippen LogP contribution in [-0.2, 0) is 0 Å². The molecule has 1 saturated carbocycles. The van der Waals surface area contributed by atoms with E-state index in [0.29, 0.717) is 12.8 Å². The first-order valence-corrected chi connectivity index (χ1v) is 7.12. The summed E-state index contributed by atoms with van der Waals surface area (Å²) in [6, 6.07) is 3.85. The van der Waals surface area contributed by atoms with Crippen LogP contribution in [0.4, 0.5) is 18.9 Å². The van der Waals surface area contributed by atoms with Crippen LogP contribution >= 0.6 is 15.9 Å². The molecule has 0 aliphatic heterocycles. The van der Waals surface area contributed by atoms with Crippen molar-refractivity contribution >= 4 is 21.6 Å². The maximum absolute atomic E-state index is 12.6. The second kappa shape index (κ2) is 5.69. The van der Waals surface area contributed by atoms with Crippen molar-refractivity contribution in [2.24, 2.45) is 5.92 Å². The molecule has 19 heavy (non-hydrogen) atoms. The fourth-order valence-corrected chi connectivity index (χ4v) is 2.87. The van der Waals surface area contributed by atoms with Gasteiger partial charge in [0.15, 0.2) is 0 Å². The summed E-state index contributed by atoms with van der Waals surface area (Å²) in [4.78, 5) is 4.27. The number of rotatable bonds is 2. The first kappa shape index (κ1) is 14.6. The molecule has 1 aliphatic carbocycles. The second-order valence-corrected chi connectivity index (χ2v) is 5.81. The predicted octanol–water partition coefficient (Wildman–Crippen LogP) is 4.69. The number of hydrogen-bond acceptors (Lipinski definition) is 2. The largest absolute Gasteiger partial charge is 0.391 e. The zero-order valence-corrected chi connectivity index (χ0v) is 12.2. The summed E-state index contributed by atoms with van der Waals surface area (Å²) in [5.41, 5.74) is 1.76. The summed E-state index contributed by atoms with van der Waals surface area (Å²) in [5.74, 6) is -1.13. The number of nitrogens with zero attached hydrogens (tertiary/aromatic N) is 1. The van der Waals surface area contributed by atoms with E-state index in [-0.39, 0.29) is 18.9 Å². The number of anilines is 1. The molecule has 0 bridgehead atoms. The lowest BCUT2D eigenvalue weighted by Crippen LogP contribution is -2.33. The van der Waals surface area contributed by atoms with Crippen LogP contribution in [0, 0.1) is 12.8 Å². The van der Waals surface area contributed by atoms with E-state index in [0.717, 1.165) is 16.0 Å². The lowest BCUT2D eigenvalue weighted by atomic mass is 9.85. The molecule has 0 unspecified atom stereocenters. The van der Waals surface area contributed by atoms with Gasteiger partial charge in [-0.05, 0) is 60.7 Å². The minimum Gasteiger partial charge on any atom is -0.381 e. The number of hydrogen-bond donors (Lipinski definition) is 1. The highest BCUT2D eigenvalue weighted by molar-refractivity contribution is 9.10. The van der Waals surface area contributed by atoms with Gasteiger partial charge in [-0.2, -0.15) is 13.2 Å². The van der Waals surface area contributed by atoms with Gasteiger partial charge >= 0.3 is 6.18 Å². The minimum atomic E-state index is -4.04. The SMILES string of the molecule is Cc1nc(Br)ccc1NC1CCC(C(F)(F)F)CC1. The van der Waals surface area contributed by atoms with Crippen molar-refractivity contribution in [2.75, 3.05) is 5.32 Å².